The lowest BCUT2D eigenvalue weighted by atomic mass is 10.4. The number of fused-ring (bicyclic) bond motifs is 1. The first-order chi connectivity index (χ1) is 7.77. The van der Waals surface area contributed by atoms with Crippen molar-refractivity contribution in [2.75, 3.05) is 0 Å². The highest BCUT2D eigenvalue weighted by Gasteiger charge is 2.13. The Labute approximate surface area is 104 Å². The molecule has 16 heavy (non-hydrogen) atoms. The summed E-state index contributed by atoms with van der Waals surface area (Å²) in [5.74, 6) is 0.953. The van der Waals surface area contributed by atoms with Crippen LogP contribution >= 0.6 is 27.3 Å². The van der Waals surface area contributed by atoms with Crippen LogP contribution in [0.1, 0.15) is 0 Å². The molecule has 3 heterocycles. The molecule has 0 aliphatic heterocycles. The van der Waals surface area contributed by atoms with Crippen LogP contribution in [-0.4, -0.2) is 14.5 Å². The molecule has 0 aliphatic rings. The van der Waals surface area contributed by atoms with Gasteiger partial charge >= 0.3 is 0 Å². The first kappa shape index (κ1) is 9.86. The molecule has 0 amide bonds. The standard InChI is InChI=1S/C11H7BrN2OS/c12-10-7-3-1-5-9(15)14(7)11(13-10)8-4-2-6-16-8/h1-6,15H. The van der Waals surface area contributed by atoms with Gasteiger partial charge in [-0.15, -0.1) is 11.3 Å². The van der Waals surface area contributed by atoms with E-state index in [0.29, 0.717) is 0 Å². The number of pyridine rings is 1. The quantitative estimate of drug-likeness (QED) is 0.745. The van der Waals surface area contributed by atoms with Crippen LogP contribution in [0, 0.1) is 0 Å². The highest BCUT2D eigenvalue weighted by atomic mass is 79.9. The zero-order valence-corrected chi connectivity index (χ0v) is 10.5. The van der Waals surface area contributed by atoms with Crippen molar-refractivity contribution in [1.82, 2.24) is 9.38 Å². The first-order valence-corrected chi connectivity index (χ1v) is 6.34. The number of thiophene rings is 1. The monoisotopic (exact) mass is 294 g/mol. The highest BCUT2D eigenvalue weighted by Crippen LogP contribution is 2.31. The average Bonchev–Trinajstić information content (AvgIpc) is 2.87. The zero-order chi connectivity index (χ0) is 11.1. The van der Waals surface area contributed by atoms with Gasteiger partial charge in [-0.3, -0.25) is 4.40 Å². The molecule has 0 atom stereocenters. The Bertz CT molecular complexity index is 645. The van der Waals surface area contributed by atoms with E-state index in [9.17, 15) is 5.11 Å². The van der Waals surface area contributed by atoms with E-state index < -0.39 is 0 Å². The fourth-order valence-electron chi connectivity index (χ4n) is 1.65. The van der Waals surface area contributed by atoms with E-state index in [1.54, 1.807) is 27.9 Å². The molecule has 0 aromatic carbocycles. The van der Waals surface area contributed by atoms with Crippen LogP contribution in [0.15, 0.2) is 40.3 Å². The van der Waals surface area contributed by atoms with Crippen LogP contribution < -0.4 is 0 Å². The van der Waals surface area contributed by atoms with E-state index in [1.807, 2.05) is 23.6 Å². The van der Waals surface area contributed by atoms with Gasteiger partial charge in [-0.25, -0.2) is 4.98 Å². The molecule has 0 saturated carbocycles. The number of rotatable bonds is 1. The number of imidazole rings is 1. The molecule has 3 rings (SSSR count). The number of hydrogen-bond acceptors (Lipinski definition) is 3. The minimum absolute atomic E-state index is 0.194. The fourth-order valence-corrected chi connectivity index (χ4v) is 2.83. The van der Waals surface area contributed by atoms with Crippen molar-refractivity contribution in [2.45, 2.75) is 0 Å². The molecular weight excluding hydrogens is 288 g/mol. The van der Waals surface area contributed by atoms with E-state index in [2.05, 4.69) is 20.9 Å². The zero-order valence-electron chi connectivity index (χ0n) is 8.09. The van der Waals surface area contributed by atoms with Gasteiger partial charge in [0.2, 0.25) is 0 Å². The molecule has 80 valence electrons. The van der Waals surface area contributed by atoms with Gasteiger partial charge in [0.25, 0.3) is 0 Å². The lowest BCUT2D eigenvalue weighted by Crippen LogP contribution is -1.87. The smallest absolute Gasteiger partial charge is 0.197 e. The molecule has 0 radical (unpaired) electrons. The third-order valence-electron chi connectivity index (χ3n) is 2.34. The molecular formula is C11H7BrN2OS. The van der Waals surface area contributed by atoms with Crippen LogP contribution in [0.5, 0.6) is 5.88 Å². The third kappa shape index (κ3) is 1.36. The van der Waals surface area contributed by atoms with Crippen molar-refractivity contribution < 1.29 is 5.11 Å². The summed E-state index contributed by atoms with van der Waals surface area (Å²) in [6.07, 6.45) is 0. The Morgan fingerprint density at radius 1 is 1.25 bits per heavy atom. The number of aromatic nitrogens is 2. The summed E-state index contributed by atoms with van der Waals surface area (Å²) in [5, 5.41) is 11.9. The van der Waals surface area contributed by atoms with Crippen LogP contribution in [0.25, 0.3) is 16.2 Å². The number of hydrogen-bond donors (Lipinski definition) is 1. The van der Waals surface area contributed by atoms with Crippen LogP contribution in [0.2, 0.25) is 0 Å². The molecule has 0 bridgehead atoms. The Kier molecular flexibility index (Phi) is 2.22. The highest BCUT2D eigenvalue weighted by molar-refractivity contribution is 9.10. The molecule has 3 nitrogen and oxygen atoms in total. The topological polar surface area (TPSA) is 37.5 Å². The average molecular weight is 295 g/mol. The maximum Gasteiger partial charge on any atom is 0.197 e. The maximum absolute atomic E-state index is 9.87. The SMILES string of the molecule is Oc1cccc2c(Br)nc(-c3cccs3)n12. The van der Waals surface area contributed by atoms with Crippen LogP contribution in [-0.2, 0) is 0 Å². The molecule has 0 unspecified atom stereocenters. The van der Waals surface area contributed by atoms with Crippen LogP contribution in [0.4, 0.5) is 0 Å². The Morgan fingerprint density at radius 3 is 2.88 bits per heavy atom. The summed E-state index contributed by atoms with van der Waals surface area (Å²) in [6, 6.07) is 9.31. The second kappa shape index (κ2) is 3.61. The minimum Gasteiger partial charge on any atom is -0.494 e. The largest absolute Gasteiger partial charge is 0.494 e. The molecule has 0 saturated heterocycles. The van der Waals surface area contributed by atoms with E-state index in [4.69, 9.17) is 0 Å². The van der Waals surface area contributed by atoms with E-state index in [1.165, 1.54) is 0 Å². The number of aromatic hydroxyl groups is 1. The summed E-state index contributed by atoms with van der Waals surface area (Å²) < 4.78 is 2.47. The third-order valence-corrected chi connectivity index (χ3v) is 3.79. The van der Waals surface area contributed by atoms with E-state index in [0.717, 1.165) is 20.8 Å². The van der Waals surface area contributed by atoms with Gasteiger partial charge in [-0.1, -0.05) is 12.1 Å². The minimum atomic E-state index is 0.194. The van der Waals surface area contributed by atoms with Crippen molar-refractivity contribution in [1.29, 1.82) is 0 Å². The Hall–Kier alpha value is -1.33. The van der Waals surface area contributed by atoms with E-state index >= 15 is 0 Å². The number of nitrogens with zero attached hydrogens (tertiary/aromatic N) is 2. The molecule has 3 aromatic rings. The Balaban J connectivity index is 2.42. The normalized spacial score (nSPS) is 11.1. The van der Waals surface area contributed by atoms with Gasteiger partial charge in [-0.2, -0.15) is 0 Å². The first-order valence-electron chi connectivity index (χ1n) is 4.67. The van der Waals surface area contributed by atoms with Crippen molar-refractivity contribution >= 4 is 32.8 Å². The number of halogens is 1. The van der Waals surface area contributed by atoms with Crippen LogP contribution in [0.3, 0.4) is 0 Å². The molecule has 1 N–H and O–H groups in total. The second-order valence-corrected chi connectivity index (χ2v) is 5.01. The molecule has 5 heteroatoms. The van der Waals surface area contributed by atoms with Gasteiger partial charge in [0.15, 0.2) is 11.7 Å². The fraction of sp³-hybridized carbons (Fsp3) is 0. The summed E-state index contributed by atoms with van der Waals surface area (Å²) in [4.78, 5) is 5.45. The predicted octanol–water partition coefficient (Wildman–Crippen LogP) is 3.53. The van der Waals surface area contributed by atoms with Gasteiger partial charge < -0.3 is 5.11 Å². The predicted molar refractivity (Wildman–Crippen MR) is 67.9 cm³/mol. The molecule has 0 fully saturated rings. The van der Waals surface area contributed by atoms with Crippen molar-refractivity contribution in [2.24, 2.45) is 0 Å². The van der Waals surface area contributed by atoms with Crippen molar-refractivity contribution in [3.63, 3.8) is 0 Å². The van der Waals surface area contributed by atoms with Gasteiger partial charge in [0.05, 0.1) is 10.4 Å². The Morgan fingerprint density at radius 2 is 2.12 bits per heavy atom. The summed E-state index contributed by atoms with van der Waals surface area (Å²) >= 11 is 5.00. The maximum atomic E-state index is 9.87. The summed E-state index contributed by atoms with van der Waals surface area (Å²) in [7, 11) is 0. The second-order valence-electron chi connectivity index (χ2n) is 3.31. The van der Waals surface area contributed by atoms with Gasteiger partial charge in [-0.05, 0) is 39.5 Å². The van der Waals surface area contributed by atoms with Crippen molar-refractivity contribution in [3.05, 3.63) is 40.3 Å². The molecule has 0 aliphatic carbocycles. The summed E-state index contributed by atoms with van der Waals surface area (Å²) in [5.41, 5.74) is 0.864. The lowest BCUT2D eigenvalue weighted by molar-refractivity contribution is 0.447. The molecule has 3 aromatic heterocycles. The van der Waals surface area contributed by atoms with Gasteiger partial charge in [0.1, 0.15) is 4.60 Å². The van der Waals surface area contributed by atoms with Gasteiger partial charge in [0, 0.05) is 0 Å². The van der Waals surface area contributed by atoms with Crippen molar-refractivity contribution in [3.8, 4) is 16.6 Å². The summed E-state index contributed by atoms with van der Waals surface area (Å²) in [6.45, 7) is 0. The lowest BCUT2D eigenvalue weighted by Gasteiger charge is -2.01. The van der Waals surface area contributed by atoms with E-state index in [-0.39, 0.29) is 5.88 Å². The molecule has 0 spiro atoms.